The van der Waals surface area contributed by atoms with Crippen LogP contribution in [0.15, 0.2) is 23.1 Å². The van der Waals surface area contributed by atoms with E-state index in [4.69, 9.17) is 0 Å². The number of aryl methyl sites for hydroxylation is 1. The predicted octanol–water partition coefficient (Wildman–Crippen LogP) is 0.451. The summed E-state index contributed by atoms with van der Waals surface area (Å²) in [7, 11) is -6.94. The molecule has 1 atom stereocenters. The van der Waals surface area contributed by atoms with Crippen molar-refractivity contribution >= 4 is 31.5 Å². The van der Waals surface area contributed by atoms with E-state index in [1.807, 2.05) is 0 Å². The lowest BCUT2D eigenvalue weighted by Crippen LogP contribution is -2.36. The molecule has 24 heavy (non-hydrogen) atoms. The van der Waals surface area contributed by atoms with Crippen molar-refractivity contribution < 1.29 is 21.6 Å². The van der Waals surface area contributed by atoms with Crippen LogP contribution in [0.3, 0.4) is 0 Å². The maximum absolute atomic E-state index is 12.5. The molecule has 0 radical (unpaired) electrons. The summed E-state index contributed by atoms with van der Waals surface area (Å²) < 4.78 is 50.5. The third-order valence-corrected chi connectivity index (χ3v) is 7.70. The zero-order valence-electron chi connectivity index (χ0n) is 13.4. The molecule has 0 spiro atoms. The Morgan fingerprint density at radius 2 is 2.08 bits per heavy atom. The topological polar surface area (TPSA) is 101 Å². The van der Waals surface area contributed by atoms with E-state index in [9.17, 15) is 21.6 Å². The Morgan fingerprint density at radius 3 is 2.71 bits per heavy atom. The SMILES string of the molecule is CC(=O)N1CCCc2cc(S(=O)(=O)NC3CCS(=O)(=O)C3)ccc21. The Balaban J connectivity index is 1.86. The summed E-state index contributed by atoms with van der Waals surface area (Å²) in [5.41, 5.74) is 1.56. The number of anilines is 1. The number of hydrogen-bond acceptors (Lipinski definition) is 5. The first-order valence-electron chi connectivity index (χ1n) is 7.82. The molecule has 3 rings (SSSR count). The smallest absolute Gasteiger partial charge is 0.240 e. The monoisotopic (exact) mass is 372 g/mol. The highest BCUT2D eigenvalue weighted by Gasteiger charge is 2.32. The Kier molecular flexibility index (Phi) is 4.43. The molecule has 7 nitrogen and oxygen atoms in total. The van der Waals surface area contributed by atoms with Crippen molar-refractivity contribution in [3.05, 3.63) is 23.8 Å². The summed E-state index contributed by atoms with van der Waals surface area (Å²) in [5.74, 6) is -0.214. The zero-order chi connectivity index (χ0) is 17.5. The highest BCUT2D eigenvalue weighted by molar-refractivity contribution is 7.92. The number of carbonyl (C=O) groups excluding carboxylic acids is 1. The van der Waals surface area contributed by atoms with Crippen molar-refractivity contribution in [3.8, 4) is 0 Å². The first kappa shape index (κ1) is 17.4. The number of nitrogens with one attached hydrogen (secondary N) is 1. The number of benzene rings is 1. The molecule has 2 aliphatic heterocycles. The van der Waals surface area contributed by atoms with Crippen LogP contribution in [-0.2, 0) is 31.1 Å². The molecule has 9 heteroatoms. The molecule has 1 N–H and O–H groups in total. The Bertz CT molecular complexity index is 877. The second-order valence-corrected chi connectivity index (χ2v) is 10.2. The Morgan fingerprint density at radius 1 is 1.33 bits per heavy atom. The molecule has 132 valence electrons. The average Bonchev–Trinajstić information content (AvgIpc) is 2.84. The molecule has 1 aromatic rings. The molecular weight excluding hydrogens is 352 g/mol. The van der Waals surface area contributed by atoms with Gasteiger partial charge in [-0.15, -0.1) is 0 Å². The van der Waals surface area contributed by atoms with Crippen molar-refractivity contribution in [2.75, 3.05) is 23.0 Å². The quantitative estimate of drug-likeness (QED) is 0.830. The van der Waals surface area contributed by atoms with E-state index in [-0.39, 0.29) is 22.3 Å². The van der Waals surface area contributed by atoms with E-state index in [2.05, 4.69) is 4.72 Å². The van der Waals surface area contributed by atoms with Gasteiger partial charge in [-0.3, -0.25) is 4.79 Å². The summed E-state index contributed by atoms with van der Waals surface area (Å²) in [5, 5.41) is 0. The summed E-state index contributed by atoms with van der Waals surface area (Å²) in [6.07, 6.45) is 1.79. The Labute approximate surface area is 142 Å². The second kappa shape index (κ2) is 6.12. The fraction of sp³-hybridized carbons (Fsp3) is 0.533. The molecule has 1 saturated heterocycles. The minimum absolute atomic E-state index is 0.0119. The van der Waals surface area contributed by atoms with Gasteiger partial charge in [0.15, 0.2) is 9.84 Å². The van der Waals surface area contributed by atoms with Crippen LogP contribution in [0.1, 0.15) is 25.3 Å². The maximum Gasteiger partial charge on any atom is 0.240 e. The van der Waals surface area contributed by atoms with Crippen LogP contribution in [0.2, 0.25) is 0 Å². The van der Waals surface area contributed by atoms with E-state index in [1.54, 1.807) is 17.0 Å². The number of sulfonamides is 1. The van der Waals surface area contributed by atoms with Crippen LogP contribution in [0.25, 0.3) is 0 Å². The van der Waals surface area contributed by atoms with E-state index >= 15 is 0 Å². The highest BCUT2D eigenvalue weighted by Crippen LogP contribution is 2.29. The highest BCUT2D eigenvalue weighted by atomic mass is 32.2. The van der Waals surface area contributed by atoms with Crippen LogP contribution in [0.5, 0.6) is 0 Å². The molecule has 0 aromatic heterocycles. The lowest BCUT2D eigenvalue weighted by molar-refractivity contribution is -0.116. The lowest BCUT2D eigenvalue weighted by atomic mass is 10.0. The summed E-state index contributed by atoms with van der Waals surface area (Å²) in [6.45, 7) is 2.12. The van der Waals surface area contributed by atoms with E-state index in [1.165, 1.54) is 13.0 Å². The molecule has 2 heterocycles. The predicted molar refractivity (Wildman–Crippen MR) is 90.2 cm³/mol. The van der Waals surface area contributed by atoms with Crippen molar-refractivity contribution in [2.24, 2.45) is 0 Å². The van der Waals surface area contributed by atoms with Gasteiger partial charge in [0.1, 0.15) is 0 Å². The van der Waals surface area contributed by atoms with Gasteiger partial charge >= 0.3 is 0 Å². The van der Waals surface area contributed by atoms with E-state index in [0.29, 0.717) is 19.4 Å². The number of amides is 1. The molecule has 1 amide bonds. The van der Waals surface area contributed by atoms with E-state index < -0.39 is 25.9 Å². The van der Waals surface area contributed by atoms with Crippen LogP contribution in [-0.4, -0.2) is 46.8 Å². The minimum atomic E-state index is -3.78. The fourth-order valence-electron chi connectivity index (χ4n) is 3.24. The number of fused-ring (bicyclic) bond motifs is 1. The lowest BCUT2D eigenvalue weighted by Gasteiger charge is -2.29. The fourth-order valence-corrected chi connectivity index (χ4v) is 6.34. The molecule has 0 bridgehead atoms. The standard InChI is InChI=1S/C15H20N2O5S2/c1-11(18)17-7-2-3-12-9-14(4-5-15(12)17)24(21,22)16-13-6-8-23(19,20)10-13/h4-5,9,13,16H,2-3,6-8,10H2,1H3. The molecule has 1 unspecified atom stereocenters. The van der Waals surface area contributed by atoms with Crippen LogP contribution in [0, 0.1) is 0 Å². The minimum Gasteiger partial charge on any atom is -0.312 e. The third kappa shape index (κ3) is 3.47. The van der Waals surface area contributed by atoms with Gasteiger partial charge in [0, 0.05) is 25.2 Å². The number of nitrogens with zero attached hydrogens (tertiary/aromatic N) is 1. The third-order valence-electron chi connectivity index (χ3n) is 4.41. The average molecular weight is 372 g/mol. The molecule has 0 saturated carbocycles. The van der Waals surface area contributed by atoms with Crippen LogP contribution < -0.4 is 9.62 Å². The number of carbonyl (C=O) groups is 1. The second-order valence-electron chi connectivity index (χ2n) is 6.29. The zero-order valence-corrected chi connectivity index (χ0v) is 15.0. The van der Waals surface area contributed by atoms with Crippen molar-refractivity contribution in [3.63, 3.8) is 0 Å². The number of rotatable bonds is 3. The summed E-state index contributed by atoms with van der Waals surface area (Å²) >= 11 is 0. The summed E-state index contributed by atoms with van der Waals surface area (Å²) in [4.78, 5) is 13.4. The van der Waals surface area contributed by atoms with E-state index in [0.717, 1.165) is 17.7 Å². The molecule has 0 aliphatic carbocycles. The molecule has 2 aliphatic rings. The normalized spacial score (nSPS) is 23.0. The van der Waals surface area contributed by atoms with Gasteiger partial charge < -0.3 is 4.90 Å². The van der Waals surface area contributed by atoms with Crippen LogP contribution in [0.4, 0.5) is 5.69 Å². The van der Waals surface area contributed by atoms with Gasteiger partial charge in [0.25, 0.3) is 0 Å². The summed E-state index contributed by atoms with van der Waals surface area (Å²) in [6, 6.07) is 4.11. The van der Waals surface area contributed by atoms with Gasteiger partial charge in [-0.2, -0.15) is 0 Å². The van der Waals surface area contributed by atoms with Crippen molar-refractivity contribution in [1.82, 2.24) is 4.72 Å². The maximum atomic E-state index is 12.5. The van der Waals surface area contributed by atoms with Crippen molar-refractivity contribution in [1.29, 1.82) is 0 Å². The number of sulfone groups is 1. The first-order valence-corrected chi connectivity index (χ1v) is 11.1. The van der Waals surface area contributed by atoms with Crippen molar-refractivity contribution in [2.45, 2.75) is 37.1 Å². The van der Waals surface area contributed by atoms with Gasteiger partial charge in [-0.05, 0) is 43.0 Å². The van der Waals surface area contributed by atoms with Crippen LogP contribution >= 0.6 is 0 Å². The largest absolute Gasteiger partial charge is 0.312 e. The van der Waals surface area contributed by atoms with Gasteiger partial charge in [0.2, 0.25) is 15.9 Å². The van der Waals surface area contributed by atoms with Gasteiger partial charge in [-0.1, -0.05) is 0 Å². The molecule has 1 aromatic carbocycles. The van der Waals surface area contributed by atoms with Gasteiger partial charge in [0.05, 0.1) is 16.4 Å². The molecule has 1 fully saturated rings. The Hall–Kier alpha value is -1.45. The number of hydrogen-bond donors (Lipinski definition) is 1. The first-order chi connectivity index (χ1) is 11.2. The van der Waals surface area contributed by atoms with Gasteiger partial charge in [-0.25, -0.2) is 21.6 Å². The molecular formula is C15H20N2O5S2.